The number of carbonyl (C=O) groups excluding carboxylic acids is 2. The van der Waals surface area contributed by atoms with Crippen molar-refractivity contribution in [3.8, 4) is 0 Å². The lowest BCUT2D eigenvalue weighted by Crippen LogP contribution is -2.11. The first-order valence-corrected chi connectivity index (χ1v) is 3.39. The topological polar surface area (TPSA) is 74.3 Å². The van der Waals surface area contributed by atoms with Gasteiger partial charge in [0.2, 0.25) is 0 Å². The summed E-state index contributed by atoms with van der Waals surface area (Å²) >= 11 is 0. The van der Waals surface area contributed by atoms with E-state index < -0.39 is 11.8 Å². The highest BCUT2D eigenvalue weighted by molar-refractivity contribution is 6.23. The van der Waals surface area contributed by atoms with Gasteiger partial charge in [0.15, 0.2) is 0 Å². The Bertz CT molecular complexity index is 385. The van der Waals surface area contributed by atoms with Crippen molar-refractivity contribution in [3.05, 3.63) is 29.3 Å². The highest BCUT2D eigenvalue weighted by atomic mass is 16.2. The van der Waals surface area contributed by atoms with E-state index in [1.807, 2.05) is 0 Å². The zero-order valence-corrected chi connectivity index (χ0v) is 6.07. The fourth-order valence-electron chi connectivity index (χ4n) is 1.20. The molecule has 1 heterocycles. The van der Waals surface area contributed by atoms with Crippen LogP contribution in [0.3, 0.4) is 0 Å². The van der Waals surface area contributed by atoms with Crippen molar-refractivity contribution in [1.29, 1.82) is 0 Å². The van der Waals surface area contributed by atoms with Crippen LogP contribution < -0.4 is 11.1 Å². The summed E-state index contributed by atoms with van der Waals surface area (Å²) < 4.78 is 0. The molecule has 59 valence electrons. The maximum Gasteiger partial charge on any atom is 0.283 e. The highest BCUT2D eigenvalue weighted by Gasteiger charge is 2.30. The van der Waals surface area contributed by atoms with Crippen molar-refractivity contribution in [2.24, 2.45) is 0 Å². The number of imide groups is 1. The van der Waals surface area contributed by atoms with E-state index >= 15 is 0 Å². The van der Waals surface area contributed by atoms with E-state index in [9.17, 15) is 9.59 Å². The third kappa shape index (κ3) is 0.717. The number of hydrogen-bond acceptors (Lipinski definition) is 3. The number of amides is 2. The second-order valence-electron chi connectivity index (χ2n) is 2.49. The number of fused-ring (bicyclic) bond motifs is 1. The van der Waals surface area contributed by atoms with Crippen LogP contribution in [-0.4, -0.2) is 11.8 Å². The van der Waals surface area contributed by atoms with E-state index in [4.69, 9.17) is 5.73 Å². The minimum atomic E-state index is -0.534. The molecule has 0 aromatic heterocycles. The lowest BCUT2D eigenvalue weighted by molar-refractivity contribution is 0.0874. The number of nitrogens with two attached hydrogens (primary N) is 1. The SMILES string of the molecule is Nc1cccc2c1C(=O)[N]C2=O. The lowest BCUT2D eigenvalue weighted by atomic mass is 10.1. The molecule has 1 aromatic rings. The molecule has 1 aliphatic heterocycles. The average Bonchev–Trinajstić information content (AvgIpc) is 2.29. The van der Waals surface area contributed by atoms with Crippen LogP contribution in [0, 0.1) is 0 Å². The van der Waals surface area contributed by atoms with E-state index in [0.29, 0.717) is 11.3 Å². The van der Waals surface area contributed by atoms with Gasteiger partial charge in [-0.3, -0.25) is 9.59 Å². The van der Waals surface area contributed by atoms with Crippen molar-refractivity contribution in [2.45, 2.75) is 0 Å². The molecule has 0 saturated heterocycles. The normalized spacial score (nSPS) is 14.3. The minimum absolute atomic E-state index is 0.238. The zero-order chi connectivity index (χ0) is 8.72. The van der Waals surface area contributed by atoms with Gasteiger partial charge in [0.05, 0.1) is 11.1 Å². The molecular weight excluding hydrogens is 156 g/mol. The van der Waals surface area contributed by atoms with Gasteiger partial charge in [0.1, 0.15) is 0 Å². The molecule has 0 unspecified atom stereocenters. The molecule has 1 radical (unpaired) electrons. The monoisotopic (exact) mass is 161 g/mol. The van der Waals surface area contributed by atoms with E-state index in [1.54, 1.807) is 18.2 Å². The van der Waals surface area contributed by atoms with Gasteiger partial charge >= 0.3 is 0 Å². The number of hydrogen-bond donors (Lipinski definition) is 1. The number of anilines is 1. The van der Waals surface area contributed by atoms with Crippen LogP contribution in [-0.2, 0) is 0 Å². The Labute approximate surface area is 68.4 Å². The third-order valence-corrected chi connectivity index (χ3v) is 1.74. The molecule has 0 saturated carbocycles. The molecule has 4 heteroatoms. The Morgan fingerprint density at radius 3 is 2.58 bits per heavy atom. The van der Waals surface area contributed by atoms with Crippen LogP contribution in [0.5, 0.6) is 0 Å². The molecule has 0 spiro atoms. The molecule has 12 heavy (non-hydrogen) atoms. The van der Waals surface area contributed by atoms with Crippen LogP contribution in [0.15, 0.2) is 18.2 Å². The number of nitrogen functional groups attached to an aromatic ring is 1. The molecule has 1 aromatic carbocycles. The second kappa shape index (κ2) is 2.07. The molecule has 2 N–H and O–H groups in total. The lowest BCUT2D eigenvalue weighted by Gasteiger charge is -1.96. The Hall–Kier alpha value is -1.84. The van der Waals surface area contributed by atoms with Gasteiger partial charge < -0.3 is 5.73 Å². The summed E-state index contributed by atoms with van der Waals surface area (Å²) in [5.74, 6) is -1.03. The van der Waals surface area contributed by atoms with Gasteiger partial charge in [0.25, 0.3) is 11.8 Å². The standard InChI is InChI=1S/C8H5N2O2/c9-5-3-1-2-4-6(5)8(12)10-7(4)11/h1-3H,9H2. The Morgan fingerprint density at radius 2 is 1.92 bits per heavy atom. The molecule has 0 aliphatic carbocycles. The van der Waals surface area contributed by atoms with Crippen molar-refractivity contribution >= 4 is 17.5 Å². The molecular formula is C8H5N2O2. The summed E-state index contributed by atoms with van der Waals surface area (Å²) in [6.45, 7) is 0. The van der Waals surface area contributed by atoms with Gasteiger partial charge in [-0.05, 0) is 12.1 Å². The number of rotatable bonds is 0. The quantitative estimate of drug-likeness (QED) is 0.435. The van der Waals surface area contributed by atoms with Gasteiger partial charge in [-0.1, -0.05) is 6.07 Å². The molecule has 0 bridgehead atoms. The summed E-state index contributed by atoms with van der Waals surface area (Å²) in [4.78, 5) is 22.0. The highest BCUT2D eigenvalue weighted by Crippen LogP contribution is 2.21. The van der Waals surface area contributed by atoms with Crippen molar-refractivity contribution in [3.63, 3.8) is 0 Å². The van der Waals surface area contributed by atoms with Gasteiger partial charge in [-0.2, -0.15) is 5.32 Å². The molecule has 1 aliphatic rings. The molecule has 2 amide bonds. The maximum absolute atomic E-state index is 11.0. The van der Waals surface area contributed by atoms with Gasteiger partial charge in [-0.25, -0.2) is 0 Å². The summed E-state index contributed by atoms with van der Waals surface area (Å²) in [6.07, 6.45) is 0. The predicted octanol–water partition coefficient (Wildman–Crippen LogP) is 0.167. The van der Waals surface area contributed by atoms with E-state index in [1.165, 1.54) is 0 Å². The summed E-state index contributed by atoms with van der Waals surface area (Å²) in [5.41, 5.74) is 6.35. The summed E-state index contributed by atoms with van der Waals surface area (Å²) in [7, 11) is 0. The van der Waals surface area contributed by atoms with Gasteiger partial charge in [0, 0.05) is 5.69 Å². The largest absolute Gasteiger partial charge is 0.398 e. The third-order valence-electron chi connectivity index (χ3n) is 1.74. The van der Waals surface area contributed by atoms with Crippen molar-refractivity contribution in [2.75, 3.05) is 5.73 Å². The Balaban J connectivity index is 2.75. The number of benzene rings is 1. The van der Waals surface area contributed by atoms with Crippen molar-refractivity contribution in [1.82, 2.24) is 5.32 Å². The maximum atomic E-state index is 11.0. The van der Waals surface area contributed by atoms with Crippen LogP contribution in [0.2, 0.25) is 0 Å². The molecule has 2 rings (SSSR count). The molecule has 4 nitrogen and oxygen atoms in total. The second-order valence-corrected chi connectivity index (χ2v) is 2.49. The summed E-state index contributed by atoms with van der Waals surface area (Å²) in [6, 6.07) is 4.74. The summed E-state index contributed by atoms with van der Waals surface area (Å²) in [5, 5.41) is 3.26. The van der Waals surface area contributed by atoms with Crippen molar-refractivity contribution < 1.29 is 9.59 Å². The first-order chi connectivity index (χ1) is 5.70. The Kier molecular flexibility index (Phi) is 1.18. The van der Waals surface area contributed by atoms with E-state index in [0.717, 1.165) is 0 Å². The van der Waals surface area contributed by atoms with Crippen LogP contribution in [0.25, 0.3) is 0 Å². The van der Waals surface area contributed by atoms with Crippen LogP contribution in [0.1, 0.15) is 20.7 Å². The van der Waals surface area contributed by atoms with E-state index in [-0.39, 0.29) is 5.56 Å². The predicted molar refractivity (Wildman–Crippen MR) is 41.6 cm³/mol. The fraction of sp³-hybridized carbons (Fsp3) is 0. The first kappa shape index (κ1) is 6.84. The van der Waals surface area contributed by atoms with Crippen LogP contribution >= 0.6 is 0 Å². The molecule has 0 atom stereocenters. The minimum Gasteiger partial charge on any atom is -0.398 e. The molecule has 0 fully saturated rings. The zero-order valence-electron chi connectivity index (χ0n) is 6.07. The van der Waals surface area contributed by atoms with E-state index in [2.05, 4.69) is 5.32 Å². The first-order valence-electron chi connectivity index (χ1n) is 3.39. The van der Waals surface area contributed by atoms with Crippen LogP contribution in [0.4, 0.5) is 5.69 Å². The smallest absolute Gasteiger partial charge is 0.283 e. The number of nitrogens with zero attached hydrogens (tertiary/aromatic N) is 1. The Morgan fingerprint density at radius 1 is 1.17 bits per heavy atom. The van der Waals surface area contributed by atoms with Gasteiger partial charge in [-0.15, -0.1) is 0 Å². The fourth-order valence-corrected chi connectivity index (χ4v) is 1.20. The average molecular weight is 161 g/mol. The number of carbonyl (C=O) groups is 2.